The van der Waals surface area contributed by atoms with Crippen LogP contribution in [0.25, 0.3) is 0 Å². The maximum Gasteiger partial charge on any atom is 0.268 e. The molecule has 0 unspecified atom stereocenters. The molecule has 0 saturated carbocycles. The number of amides is 2. The van der Waals surface area contributed by atoms with Crippen LogP contribution in [0.5, 0.6) is 0 Å². The molecule has 2 amide bonds. The molecule has 1 saturated heterocycles. The molecule has 1 aromatic rings. The van der Waals surface area contributed by atoms with E-state index in [1.165, 1.54) is 0 Å². The van der Waals surface area contributed by atoms with Crippen LogP contribution < -0.4 is 5.32 Å². The molecule has 0 aliphatic carbocycles. The van der Waals surface area contributed by atoms with E-state index in [1.54, 1.807) is 34.8 Å². The van der Waals surface area contributed by atoms with Crippen molar-refractivity contribution in [1.29, 1.82) is 0 Å². The normalized spacial score (nSPS) is 18.1. The molecule has 0 radical (unpaired) electrons. The summed E-state index contributed by atoms with van der Waals surface area (Å²) in [5.74, 6) is -0.276. The number of aromatic nitrogens is 1. The summed E-state index contributed by atoms with van der Waals surface area (Å²) >= 11 is 0. The van der Waals surface area contributed by atoms with Crippen molar-refractivity contribution in [2.45, 2.75) is 18.5 Å². The van der Waals surface area contributed by atoms with Crippen LogP contribution in [0.4, 0.5) is 4.39 Å². The highest BCUT2D eigenvalue weighted by atomic mass is 19.1. The highest BCUT2D eigenvalue weighted by Gasteiger charge is 2.34. The van der Waals surface area contributed by atoms with Gasteiger partial charge in [0.05, 0.1) is 6.54 Å². The number of hydrogen-bond donors (Lipinski definition) is 1. The predicted molar refractivity (Wildman–Crippen MR) is 68.5 cm³/mol. The molecular weight excluding hydrogens is 249 g/mol. The zero-order chi connectivity index (χ0) is 13.9. The van der Waals surface area contributed by atoms with Gasteiger partial charge in [0.25, 0.3) is 5.91 Å². The van der Waals surface area contributed by atoms with Crippen molar-refractivity contribution in [2.24, 2.45) is 7.05 Å². The Morgan fingerprint density at radius 2 is 2.21 bits per heavy atom. The largest absolute Gasteiger partial charge is 0.348 e. The zero-order valence-electron chi connectivity index (χ0n) is 10.9. The van der Waals surface area contributed by atoms with E-state index in [-0.39, 0.29) is 25.3 Å². The highest BCUT2D eigenvalue weighted by Crippen LogP contribution is 2.25. The Labute approximate surface area is 111 Å². The molecule has 6 heteroatoms. The first-order chi connectivity index (χ1) is 9.04. The van der Waals surface area contributed by atoms with Crippen LogP contribution in [0.3, 0.4) is 0 Å². The highest BCUT2D eigenvalue weighted by molar-refractivity contribution is 5.92. The van der Waals surface area contributed by atoms with Crippen molar-refractivity contribution < 1.29 is 14.0 Å². The number of aryl methyl sites for hydroxylation is 1. The van der Waals surface area contributed by atoms with Crippen molar-refractivity contribution in [2.75, 3.05) is 19.6 Å². The predicted octanol–water partition coefficient (Wildman–Crippen LogP) is 0.715. The van der Waals surface area contributed by atoms with Crippen molar-refractivity contribution in [3.63, 3.8) is 0 Å². The molecule has 2 heterocycles. The van der Waals surface area contributed by atoms with E-state index in [0.29, 0.717) is 18.8 Å². The van der Waals surface area contributed by atoms with Crippen molar-refractivity contribution in [1.82, 2.24) is 14.8 Å². The molecule has 1 fully saturated rings. The first-order valence-corrected chi connectivity index (χ1v) is 6.32. The molecule has 104 valence electrons. The number of nitrogens with one attached hydrogen (secondary N) is 1. The number of halogens is 1. The summed E-state index contributed by atoms with van der Waals surface area (Å²) in [5.41, 5.74) is -0.908. The molecule has 0 atom stereocenters. The van der Waals surface area contributed by atoms with Crippen molar-refractivity contribution in [3.8, 4) is 0 Å². The lowest BCUT2D eigenvalue weighted by molar-refractivity contribution is -0.120. The third-order valence-electron chi connectivity index (χ3n) is 3.59. The SMILES string of the molecule is Cn1cccc1C(=O)NCC1(F)CCN(C=O)CC1. The van der Waals surface area contributed by atoms with Gasteiger partial charge in [-0.1, -0.05) is 0 Å². The molecule has 1 aromatic heterocycles. The summed E-state index contributed by atoms with van der Waals surface area (Å²) in [6.07, 6.45) is 3.03. The third-order valence-corrected chi connectivity index (χ3v) is 3.59. The van der Waals surface area contributed by atoms with E-state index >= 15 is 0 Å². The van der Waals surface area contributed by atoms with Gasteiger partial charge in [-0.2, -0.15) is 0 Å². The smallest absolute Gasteiger partial charge is 0.268 e. The van der Waals surface area contributed by atoms with Crippen molar-refractivity contribution in [3.05, 3.63) is 24.0 Å². The number of likely N-dealkylation sites (tertiary alicyclic amines) is 1. The van der Waals surface area contributed by atoms with Gasteiger partial charge in [-0.15, -0.1) is 0 Å². The van der Waals surface area contributed by atoms with Gasteiger partial charge in [0.1, 0.15) is 11.4 Å². The van der Waals surface area contributed by atoms with Crippen LogP contribution in [0, 0.1) is 0 Å². The van der Waals surface area contributed by atoms with Crippen LogP contribution in [-0.4, -0.2) is 47.1 Å². The van der Waals surface area contributed by atoms with Gasteiger partial charge in [0.15, 0.2) is 0 Å². The minimum atomic E-state index is -1.42. The Morgan fingerprint density at radius 1 is 1.53 bits per heavy atom. The maximum atomic E-state index is 14.4. The maximum absolute atomic E-state index is 14.4. The lowest BCUT2D eigenvalue weighted by atomic mass is 9.93. The van der Waals surface area contributed by atoms with Gasteiger partial charge in [0, 0.05) is 39.2 Å². The number of carbonyl (C=O) groups excluding carboxylic acids is 2. The summed E-state index contributed by atoms with van der Waals surface area (Å²) in [4.78, 5) is 24.0. The van der Waals surface area contributed by atoms with Gasteiger partial charge >= 0.3 is 0 Å². The molecule has 0 aromatic carbocycles. The first kappa shape index (κ1) is 13.6. The van der Waals surface area contributed by atoms with E-state index in [1.807, 2.05) is 0 Å². The Hall–Kier alpha value is -1.85. The van der Waals surface area contributed by atoms with E-state index in [2.05, 4.69) is 5.32 Å². The monoisotopic (exact) mass is 267 g/mol. The second-order valence-electron chi connectivity index (χ2n) is 4.98. The molecule has 0 spiro atoms. The average molecular weight is 267 g/mol. The molecule has 0 bridgehead atoms. The van der Waals surface area contributed by atoms with Gasteiger partial charge in [-0.25, -0.2) is 4.39 Å². The molecule has 1 aliphatic rings. The van der Waals surface area contributed by atoms with Gasteiger partial charge in [-0.05, 0) is 12.1 Å². The Bertz CT molecular complexity index is 464. The van der Waals surface area contributed by atoms with E-state index in [0.717, 1.165) is 6.41 Å². The minimum Gasteiger partial charge on any atom is -0.348 e. The Balaban J connectivity index is 1.87. The molecule has 1 aliphatic heterocycles. The summed E-state index contributed by atoms with van der Waals surface area (Å²) in [6, 6.07) is 3.46. The van der Waals surface area contributed by atoms with Gasteiger partial charge < -0.3 is 14.8 Å². The quantitative estimate of drug-likeness (QED) is 0.817. The fourth-order valence-electron chi connectivity index (χ4n) is 2.23. The number of rotatable bonds is 4. The summed E-state index contributed by atoms with van der Waals surface area (Å²) in [5, 5.41) is 2.63. The molecule has 1 N–H and O–H groups in total. The fourth-order valence-corrected chi connectivity index (χ4v) is 2.23. The molecular formula is C13H18FN3O2. The topological polar surface area (TPSA) is 54.3 Å². The Morgan fingerprint density at radius 3 is 2.74 bits per heavy atom. The number of nitrogens with zero attached hydrogens (tertiary/aromatic N) is 2. The number of hydrogen-bond acceptors (Lipinski definition) is 2. The second kappa shape index (κ2) is 5.42. The minimum absolute atomic E-state index is 0.0102. The molecule has 19 heavy (non-hydrogen) atoms. The van der Waals surface area contributed by atoms with Crippen molar-refractivity contribution >= 4 is 12.3 Å². The third kappa shape index (κ3) is 3.13. The van der Waals surface area contributed by atoms with Gasteiger partial charge in [-0.3, -0.25) is 9.59 Å². The Kier molecular flexibility index (Phi) is 3.87. The van der Waals surface area contributed by atoms with Crippen LogP contribution in [0.1, 0.15) is 23.3 Å². The van der Waals surface area contributed by atoms with E-state index < -0.39 is 5.67 Å². The van der Waals surface area contributed by atoms with Crippen LogP contribution in [0.2, 0.25) is 0 Å². The summed E-state index contributed by atoms with van der Waals surface area (Å²) in [7, 11) is 1.77. The fraction of sp³-hybridized carbons (Fsp3) is 0.538. The lowest BCUT2D eigenvalue weighted by Gasteiger charge is -2.34. The summed E-state index contributed by atoms with van der Waals surface area (Å²) < 4.78 is 16.1. The second-order valence-corrected chi connectivity index (χ2v) is 4.98. The first-order valence-electron chi connectivity index (χ1n) is 6.32. The lowest BCUT2D eigenvalue weighted by Crippen LogP contribution is -2.48. The van der Waals surface area contributed by atoms with Crippen LogP contribution in [0.15, 0.2) is 18.3 Å². The van der Waals surface area contributed by atoms with E-state index in [4.69, 9.17) is 0 Å². The van der Waals surface area contributed by atoms with Crippen LogP contribution >= 0.6 is 0 Å². The molecule has 5 nitrogen and oxygen atoms in total. The summed E-state index contributed by atoms with van der Waals surface area (Å²) in [6.45, 7) is 0.795. The number of carbonyl (C=O) groups is 2. The zero-order valence-corrected chi connectivity index (χ0v) is 10.9. The van der Waals surface area contributed by atoms with E-state index in [9.17, 15) is 14.0 Å². The van der Waals surface area contributed by atoms with Crippen LogP contribution in [-0.2, 0) is 11.8 Å². The average Bonchev–Trinajstić information content (AvgIpc) is 2.83. The van der Waals surface area contributed by atoms with Gasteiger partial charge in [0.2, 0.25) is 6.41 Å². The molecule has 2 rings (SSSR count). The standard InChI is InChI=1S/C13H18FN3O2/c1-16-6-2-3-11(16)12(19)15-9-13(14)4-7-17(10-18)8-5-13/h2-3,6,10H,4-5,7-9H2,1H3,(H,15,19). The number of alkyl halides is 1. The number of piperidine rings is 1.